The van der Waals surface area contributed by atoms with Gasteiger partial charge < -0.3 is 77.8 Å². The first-order chi connectivity index (χ1) is 36.1. The minimum atomic E-state index is -1.83. The van der Waals surface area contributed by atoms with E-state index in [1.54, 1.807) is 38.5 Å². The Balaban J connectivity index is 1.27. The topological polar surface area (TPSA) is 238 Å². The van der Waals surface area contributed by atoms with E-state index in [1.165, 1.54) is 13.1 Å². The molecule has 19 nitrogen and oxygen atoms in total. The Kier molecular flexibility index (Phi) is 23.5. The van der Waals surface area contributed by atoms with Crippen molar-refractivity contribution in [2.75, 3.05) is 54.6 Å². The van der Waals surface area contributed by atoms with Crippen molar-refractivity contribution in [3.05, 3.63) is 45.7 Å². The molecule has 3 fully saturated rings. The molecule has 5 rings (SSSR count). The van der Waals surface area contributed by atoms with E-state index in [2.05, 4.69) is 0 Å². The number of carbonyl (C=O) groups is 2. The molecular formula is C58H97N3O16. The Morgan fingerprint density at radius 1 is 0.896 bits per heavy atom. The second kappa shape index (κ2) is 28.0. The van der Waals surface area contributed by atoms with Crippen LogP contribution in [0.25, 0.3) is 10.9 Å². The van der Waals surface area contributed by atoms with Gasteiger partial charge in [-0.15, -0.1) is 0 Å². The molecule has 1 aromatic heterocycles. The number of aromatic carboxylic acids is 1. The van der Waals surface area contributed by atoms with Gasteiger partial charge in [0, 0.05) is 76.0 Å². The number of aryl methyl sites for hydroxylation is 2. The van der Waals surface area contributed by atoms with E-state index in [4.69, 9.17) is 37.9 Å². The fraction of sp³-hybridized carbons (Fsp3) is 0.810. The summed E-state index contributed by atoms with van der Waals surface area (Å²) in [7, 11) is 7.25. The minimum Gasteiger partial charge on any atom is -0.477 e. The molecule has 19 heteroatoms. The first-order valence-corrected chi connectivity index (χ1v) is 28.3. The normalized spacial score (nSPS) is 37.4. The number of carboxylic acid groups (broad SMARTS) is 1. The summed E-state index contributed by atoms with van der Waals surface area (Å²) < 4.78 is 53.4. The zero-order chi connectivity index (χ0) is 57.3. The average Bonchev–Trinajstić information content (AvgIpc) is 3.37. The quantitative estimate of drug-likeness (QED) is 0.0781. The summed E-state index contributed by atoms with van der Waals surface area (Å²) in [5.74, 6) is -3.89. The largest absolute Gasteiger partial charge is 0.477 e. The number of fused-ring (bicyclic) bond motifs is 1. The van der Waals surface area contributed by atoms with Crippen molar-refractivity contribution in [2.24, 2.45) is 17.8 Å². The number of hydrogen-bond donors (Lipinski definition) is 5. The molecule has 1 aromatic carbocycles. The Labute approximate surface area is 457 Å². The van der Waals surface area contributed by atoms with Crippen LogP contribution >= 0.6 is 0 Å². The molecule has 0 unspecified atom stereocenters. The van der Waals surface area contributed by atoms with Gasteiger partial charge >= 0.3 is 11.9 Å². The van der Waals surface area contributed by atoms with Gasteiger partial charge in [0.15, 0.2) is 12.6 Å². The molecule has 3 aliphatic rings. The standard InChI is InChI=1S/C58H97N3O16/c1-16-45-58(11,69)50(64)38(7)60(14)32-34(3)30-56(9,68)51(77-55-48(63)44(59(12)13)28-35(4)73-55)36(5)49(37(6)54(67)75-45)76-46-31-57(10,70-15)52(39(8)74-46)72-27-20-18-19-25-71-26-21-22-40-23-24-43-41(29-40)47(62)42(53(65)66)33-61(43)17-2/h23-24,29,33-39,44-46,48-52,55,63-64,68-69H,16-22,25-28,30-32H2,1-15H3,(H,65,66)/t34-,35-,36+,37-,38-,39+,44+,45-,46+,48-,49+,50-,51-,52+,55+,56-,57-,58-/m1/s1. The Bertz CT molecular complexity index is 2260. The van der Waals surface area contributed by atoms with Crippen LogP contribution in [0.3, 0.4) is 0 Å². The van der Waals surface area contributed by atoms with Crippen LogP contribution in [0.1, 0.15) is 143 Å². The van der Waals surface area contributed by atoms with Gasteiger partial charge in [0.05, 0.1) is 47.1 Å². The zero-order valence-electron chi connectivity index (χ0n) is 48.9. The van der Waals surface area contributed by atoms with Crippen LogP contribution in [0, 0.1) is 17.8 Å². The van der Waals surface area contributed by atoms with Gasteiger partial charge in [0.2, 0.25) is 5.43 Å². The molecule has 0 amide bonds. The average molecular weight is 1090 g/mol. The van der Waals surface area contributed by atoms with E-state index in [0.29, 0.717) is 56.7 Å². The lowest BCUT2D eigenvalue weighted by atomic mass is 9.77. The van der Waals surface area contributed by atoms with Gasteiger partial charge in [-0.25, -0.2) is 4.79 Å². The predicted molar refractivity (Wildman–Crippen MR) is 292 cm³/mol. The number of pyridine rings is 1. The Morgan fingerprint density at radius 3 is 2.21 bits per heavy atom. The van der Waals surface area contributed by atoms with E-state index >= 15 is 0 Å². The molecule has 18 atom stereocenters. The van der Waals surface area contributed by atoms with Crippen molar-refractivity contribution in [3.63, 3.8) is 0 Å². The summed E-state index contributed by atoms with van der Waals surface area (Å²) in [4.78, 5) is 43.1. The van der Waals surface area contributed by atoms with Crippen molar-refractivity contribution >= 4 is 22.8 Å². The third-order valence-electron chi connectivity index (χ3n) is 16.9. The number of benzene rings is 1. The van der Waals surface area contributed by atoms with Crippen LogP contribution in [-0.4, -0.2) is 197 Å². The lowest BCUT2D eigenvalue weighted by molar-refractivity contribution is -0.320. The number of cyclic esters (lactones) is 1. The highest BCUT2D eigenvalue weighted by Gasteiger charge is 2.53. The van der Waals surface area contributed by atoms with Crippen LogP contribution in [0.15, 0.2) is 29.2 Å². The molecule has 2 aromatic rings. The number of methoxy groups -OCH3 is 1. The molecule has 77 heavy (non-hydrogen) atoms. The molecule has 440 valence electrons. The monoisotopic (exact) mass is 1090 g/mol. The van der Waals surface area contributed by atoms with Crippen molar-refractivity contribution in [3.8, 4) is 0 Å². The van der Waals surface area contributed by atoms with Crippen molar-refractivity contribution in [2.45, 2.75) is 231 Å². The molecular weight excluding hydrogens is 995 g/mol. The van der Waals surface area contributed by atoms with E-state index in [1.807, 2.05) is 91.5 Å². The number of hydrogen-bond acceptors (Lipinski definition) is 17. The number of esters is 1. The summed E-state index contributed by atoms with van der Waals surface area (Å²) >= 11 is 0. The number of carbonyl (C=O) groups excluding carboxylic acids is 1. The maximum atomic E-state index is 14.6. The molecule has 0 saturated carbocycles. The highest BCUT2D eigenvalue weighted by molar-refractivity contribution is 5.92. The minimum absolute atomic E-state index is 0.168. The number of aromatic nitrogens is 1. The van der Waals surface area contributed by atoms with Gasteiger partial charge in [0.1, 0.15) is 35.6 Å². The second-order valence-corrected chi connectivity index (χ2v) is 23.6. The predicted octanol–water partition coefficient (Wildman–Crippen LogP) is 5.78. The van der Waals surface area contributed by atoms with Gasteiger partial charge in [-0.1, -0.05) is 26.8 Å². The number of ether oxygens (including phenoxy) is 8. The zero-order valence-corrected chi connectivity index (χ0v) is 48.9. The van der Waals surface area contributed by atoms with Crippen LogP contribution < -0.4 is 5.43 Å². The number of aliphatic hydroxyl groups is 4. The molecule has 3 aliphatic heterocycles. The molecule has 0 bridgehead atoms. The highest BCUT2D eigenvalue weighted by atomic mass is 16.7. The molecule has 0 radical (unpaired) electrons. The van der Waals surface area contributed by atoms with Gasteiger partial charge in [-0.05, 0) is 152 Å². The van der Waals surface area contributed by atoms with Crippen LogP contribution in [0.5, 0.6) is 0 Å². The van der Waals surface area contributed by atoms with Gasteiger partial charge in [-0.3, -0.25) is 9.59 Å². The van der Waals surface area contributed by atoms with Crippen molar-refractivity contribution in [1.29, 1.82) is 0 Å². The van der Waals surface area contributed by atoms with Crippen LogP contribution in [-0.2, 0) is 55.7 Å². The lowest BCUT2D eigenvalue weighted by Gasteiger charge is -2.49. The summed E-state index contributed by atoms with van der Waals surface area (Å²) in [6.07, 6.45) is -2.44. The number of rotatable bonds is 20. The van der Waals surface area contributed by atoms with E-state index in [9.17, 15) is 39.9 Å². The summed E-state index contributed by atoms with van der Waals surface area (Å²) in [5, 5.41) is 58.1. The lowest BCUT2D eigenvalue weighted by Crippen LogP contribution is -2.61. The van der Waals surface area contributed by atoms with Crippen LogP contribution in [0.2, 0.25) is 0 Å². The third-order valence-corrected chi connectivity index (χ3v) is 16.9. The number of carboxylic acids is 1. The summed E-state index contributed by atoms with van der Waals surface area (Å²) in [6.45, 7) is 22.5. The highest BCUT2D eigenvalue weighted by Crippen LogP contribution is 2.41. The maximum Gasteiger partial charge on any atom is 0.341 e. The summed E-state index contributed by atoms with van der Waals surface area (Å²) in [6, 6.07) is 4.78. The molecule has 4 heterocycles. The first kappa shape index (κ1) is 64.7. The van der Waals surface area contributed by atoms with E-state index in [-0.39, 0.29) is 42.9 Å². The Morgan fingerprint density at radius 2 is 1.57 bits per heavy atom. The van der Waals surface area contributed by atoms with Crippen molar-refractivity contribution in [1.82, 2.24) is 14.4 Å². The number of nitrogens with zero attached hydrogens (tertiary/aromatic N) is 3. The van der Waals surface area contributed by atoms with Gasteiger partial charge in [-0.2, -0.15) is 0 Å². The summed E-state index contributed by atoms with van der Waals surface area (Å²) in [5.41, 5.74) is -3.37. The SMILES string of the molecule is CC[C@H]1OC(=O)[C@H](C)[C@@H](O[C@H]2C[C@@](C)(OC)[C@@H](OCCCCCOCCCc3ccc4c(c3)c(=O)c(C(=O)O)cn4CC)[C@H](C)O2)[C@H](C)[C@@H](O[C@@H]2O[C@H](C)C[C@H](N(C)C)[C@H]2O)[C@](C)(O)C[C@@H](C)CN(C)[C@H](C)[C@@H](O)[C@]1(C)O. The van der Waals surface area contributed by atoms with Gasteiger partial charge in [0.25, 0.3) is 0 Å². The molecule has 3 saturated heterocycles. The smallest absolute Gasteiger partial charge is 0.341 e. The second-order valence-electron chi connectivity index (χ2n) is 23.6. The molecule has 0 aliphatic carbocycles. The number of unbranched alkanes of at least 4 members (excludes halogenated alkanes) is 2. The third kappa shape index (κ3) is 15.9. The Hall–Kier alpha value is -3.15. The maximum absolute atomic E-state index is 14.6. The first-order valence-electron chi connectivity index (χ1n) is 28.3. The van der Waals surface area contributed by atoms with E-state index < -0.39 is 107 Å². The number of aliphatic hydroxyl groups excluding tert-OH is 2. The fourth-order valence-corrected chi connectivity index (χ4v) is 12.2. The molecule has 0 spiro atoms. The number of likely N-dealkylation sites (N-methyl/N-ethyl adjacent to an activating group) is 2. The van der Waals surface area contributed by atoms with Crippen molar-refractivity contribution < 1.29 is 73.0 Å². The van der Waals surface area contributed by atoms with Crippen LogP contribution in [0.4, 0.5) is 0 Å². The fourth-order valence-electron chi connectivity index (χ4n) is 12.2. The molecule has 5 N–H and O–H groups in total. The van der Waals surface area contributed by atoms with E-state index in [0.717, 1.165) is 31.2 Å².